The number of nitrogens with one attached hydrogen (secondary N) is 2. The van der Waals surface area contributed by atoms with Crippen molar-refractivity contribution < 1.29 is 9.53 Å². The number of likely N-dealkylation sites (N-methyl/N-ethyl adjacent to an activating group) is 1. The molecular weight excluding hydrogens is 342 g/mol. The van der Waals surface area contributed by atoms with Crippen molar-refractivity contribution in [3.8, 4) is 5.75 Å². The van der Waals surface area contributed by atoms with Crippen molar-refractivity contribution in [2.45, 2.75) is 6.42 Å². The topological polar surface area (TPSA) is 78.9 Å². The lowest BCUT2D eigenvalue weighted by Crippen LogP contribution is -2.45. The van der Waals surface area contributed by atoms with Crippen molar-refractivity contribution in [1.29, 1.82) is 0 Å². The minimum Gasteiger partial charge on any atom is -0.492 e. The van der Waals surface area contributed by atoms with E-state index in [4.69, 9.17) is 4.74 Å². The van der Waals surface area contributed by atoms with Crippen molar-refractivity contribution in [3.63, 3.8) is 0 Å². The number of nitrogens with zero attached hydrogens (tertiary/aromatic N) is 3. The molecule has 144 valence electrons. The summed E-state index contributed by atoms with van der Waals surface area (Å²) in [5.74, 6) is 1.39. The Bertz CT molecular complexity index is 707. The third-order valence-electron chi connectivity index (χ3n) is 3.89. The van der Waals surface area contributed by atoms with Gasteiger partial charge in [0.15, 0.2) is 5.96 Å². The zero-order valence-electron chi connectivity index (χ0n) is 15.9. The molecule has 0 fully saturated rings. The van der Waals surface area contributed by atoms with Crippen LogP contribution in [-0.2, 0) is 11.2 Å². The Morgan fingerprint density at radius 2 is 1.93 bits per heavy atom. The van der Waals surface area contributed by atoms with Crippen molar-refractivity contribution in [2.24, 2.45) is 4.99 Å². The van der Waals surface area contributed by atoms with E-state index < -0.39 is 0 Å². The molecule has 0 bridgehead atoms. The lowest BCUT2D eigenvalue weighted by molar-refractivity contribution is -0.128. The summed E-state index contributed by atoms with van der Waals surface area (Å²) in [7, 11) is 3.46. The molecule has 0 atom stereocenters. The molecule has 1 amide bonds. The molecule has 0 unspecified atom stereocenters. The van der Waals surface area contributed by atoms with Crippen LogP contribution in [0.1, 0.15) is 5.69 Å². The summed E-state index contributed by atoms with van der Waals surface area (Å²) in [5.41, 5.74) is 0.973. The average molecular weight is 369 g/mol. The van der Waals surface area contributed by atoms with E-state index in [1.807, 2.05) is 48.5 Å². The Kier molecular flexibility index (Phi) is 8.62. The Balaban J connectivity index is 1.63. The van der Waals surface area contributed by atoms with Crippen LogP contribution in [-0.4, -0.2) is 62.1 Å². The average Bonchev–Trinajstić information content (AvgIpc) is 2.72. The first kappa shape index (κ1) is 20.2. The van der Waals surface area contributed by atoms with E-state index in [-0.39, 0.29) is 12.5 Å². The molecular formula is C20H27N5O2. The molecule has 0 saturated heterocycles. The van der Waals surface area contributed by atoms with Crippen LogP contribution < -0.4 is 15.4 Å². The summed E-state index contributed by atoms with van der Waals surface area (Å²) < 4.78 is 5.61. The highest BCUT2D eigenvalue weighted by Crippen LogP contribution is 2.07. The van der Waals surface area contributed by atoms with Crippen LogP contribution in [0.5, 0.6) is 5.75 Å². The van der Waals surface area contributed by atoms with Gasteiger partial charge in [-0.25, -0.2) is 0 Å². The fourth-order valence-electron chi connectivity index (χ4n) is 2.32. The second-order valence-electron chi connectivity index (χ2n) is 5.90. The maximum absolute atomic E-state index is 12.2. The first-order valence-electron chi connectivity index (χ1n) is 8.95. The van der Waals surface area contributed by atoms with Crippen molar-refractivity contribution >= 4 is 11.9 Å². The van der Waals surface area contributed by atoms with Gasteiger partial charge in [0.2, 0.25) is 5.91 Å². The van der Waals surface area contributed by atoms with Gasteiger partial charge in [0.05, 0.1) is 13.1 Å². The number of ether oxygens (including phenoxy) is 1. The largest absolute Gasteiger partial charge is 0.492 e. The normalized spacial score (nSPS) is 11.0. The van der Waals surface area contributed by atoms with Crippen LogP contribution in [0, 0.1) is 0 Å². The second kappa shape index (κ2) is 11.5. The number of hydrogen-bond acceptors (Lipinski definition) is 4. The van der Waals surface area contributed by atoms with E-state index in [0.29, 0.717) is 25.7 Å². The molecule has 0 aliphatic heterocycles. The Hall–Kier alpha value is -3.09. The first-order valence-corrected chi connectivity index (χ1v) is 8.95. The number of carbonyl (C=O) groups excluding carboxylic acids is 1. The number of benzene rings is 1. The molecule has 0 aliphatic rings. The minimum absolute atomic E-state index is 0.00517. The molecule has 2 N–H and O–H groups in total. The van der Waals surface area contributed by atoms with Crippen molar-refractivity contribution in [3.05, 3.63) is 60.4 Å². The SMILES string of the molecule is CN=C(NCCOc1ccccc1)NCC(=O)N(C)CCc1ccccn1. The molecule has 0 spiro atoms. The maximum atomic E-state index is 12.2. The van der Waals surface area contributed by atoms with E-state index in [9.17, 15) is 4.79 Å². The smallest absolute Gasteiger partial charge is 0.241 e. The van der Waals surface area contributed by atoms with Crippen LogP contribution in [0.2, 0.25) is 0 Å². The van der Waals surface area contributed by atoms with E-state index in [2.05, 4.69) is 20.6 Å². The molecule has 1 aromatic heterocycles. The maximum Gasteiger partial charge on any atom is 0.241 e. The van der Waals surface area contributed by atoms with Gasteiger partial charge in [-0.15, -0.1) is 0 Å². The summed E-state index contributed by atoms with van der Waals surface area (Å²) in [6, 6.07) is 15.4. The summed E-state index contributed by atoms with van der Waals surface area (Å²) in [6.07, 6.45) is 2.49. The predicted molar refractivity (Wildman–Crippen MR) is 107 cm³/mol. The van der Waals surface area contributed by atoms with E-state index >= 15 is 0 Å². The lowest BCUT2D eigenvalue weighted by atomic mass is 10.2. The number of aliphatic imine (C=N–C) groups is 1. The predicted octanol–water partition coefficient (Wildman–Crippen LogP) is 1.33. The third-order valence-corrected chi connectivity index (χ3v) is 3.89. The number of hydrogen-bond donors (Lipinski definition) is 2. The lowest BCUT2D eigenvalue weighted by Gasteiger charge is -2.18. The number of para-hydroxylation sites is 1. The molecule has 2 rings (SSSR count). The van der Waals surface area contributed by atoms with E-state index in [1.165, 1.54) is 0 Å². The quantitative estimate of drug-likeness (QED) is 0.396. The minimum atomic E-state index is -0.00517. The molecule has 1 heterocycles. The van der Waals surface area contributed by atoms with Crippen molar-refractivity contribution in [2.75, 3.05) is 40.3 Å². The highest BCUT2D eigenvalue weighted by atomic mass is 16.5. The number of pyridine rings is 1. The van der Waals surface area contributed by atoms with Crippen LogP contribution in [0.3, 0.4) is 0 Å². The monoisotopic (exact) mass is 369 g/mol. The highest BCUT2D eigenvalue weighted by Gasteiger charge is 2.09. The van der Waals surface area contributed by atoms with Crippen LogP contribution in [0.25, 0.3) is 0 Å². The summed E-state index contributed by atoms with van der Waals surface area (Å²) in [6.45, 7) is 1.88. The van der Waals surface area contributed by atoms with Gasteiger partial charge in [-0.1, -0.05) is 24.3 Å². The van der Waals surface area contributed by atoms with Gasteiger partial charge >= 0.3 is 0 Å². The Morgan fingerprint density at radius 3 is 2.63 bits per heavy atom. The molecule has 2 aromatic rings. The zero-order chi connectivity index (χ0) is 19.3. The molecule has 0 radical (unpaired) electrons. The molecule has 0 saturated carbocycles. The van der Waals surface area contributed by atoms with Gasteiger partial charge < -0.3 is 20.3 Å². The summed E-state index contributed by atoms with van der Waals surface area (Å²) in [5, 5.41) is 6.15. The van der Waals surface area contributed by atoms with Gasteiger partial charge in [-0.2, -0.15) is 0 Å². The van der Waals surface area contributed by atoms with Gasteiger partial charge in [-0.3, -0.25) is 14.8 Å². The van der Waals surface area contributed by atoms with Gasteiger partial charge in [-0.05, 0) is 24.3 Å². The summed E-state index contributed by atoms with van der Waals surface area (Å²) >= 11 is 0. The van der Waals surface area contributed by atoms with Crippen LogP contribution in [0.15, 0.2) is 59.7 Å². The molecule has 0 aliphatic carbocycles. The standard InChI is InChI=1S/C20H27N5O2/c1-21-20(23-13-15-27-18-9-4-3-5-10-18)24-16-19(26)25(2)14-11-17-8-6-7-12-22-17/h3-10,12H,11,13-16H2,1-2H3,(H2,21,23,24). The highest BCUT2D eigenvalue weighted by molar-refractivity contribution is 5.86. The first-order chi connectivity index (χ1) is 13.2. The van der Waals surface area contributed by atoms with E-state index in [0.717, 1.165) is 17.9 Å². The number of guanidine groups is 1. The Morgan fingerprint density at radius 1 is 1.15 bits per heavy atom. The third kappa shape index (κ3) is 7.77. The van der Waals surface area contributed by atoms with Gasteiger partial charge in [0.25, 0.3) is 0 Å². The number of rotatable bonds is 9. The molecule has 27 heavy (non-hydrogen) atoms. The zero-order valence-corrected chi connectivity index (χ0v) is 15.9. The summed E-state index contributed by atoms with van der Waals surface area (Å²) in [4.78, 5) is 22.3. The number of carbonyl (C=O) groups is 1. The fraction of sp³-hybridized carbons (Fsp3) is 0.350. The van der Waals surface area contributed by atoms with Crippen molar-refractivity contribution in [1.82, 2.24) is 20.5 Å². The molecule has 7 nitrogen and oxygen atoms in total. The second-order valence-corrected chi connectivity index (χ2v) is 5.90. The van der Waals surface area contributed by atoms with Crippen LogP contribution >= 0.6 is 0 Å². The molecule has 7 heteroatoms. The number of aromatic nitrogens is 1. The Labute approximate surface area is 160 Å². The van der Waals surface area contributed by atoms with E-state index in [1.54, 1.807) is 25.2 Å². The number of amides is 1. The molecule has 1 aromatic carbocycles. The van der Waals surface area contributed by atoms with Gasteiger partial charge in [0.1, 0.15) is 12.4 Å². The van der Waals surface area contributed by atoms with Crippen LogP contribution in [0.4, 0.5) is 0 Å². The van der Waals surface area contributed by atoms with Gasteiger partial charge in [0, 0.05) is 39.0 Å². The fourth-order valence-corrected chi connectivity index (χ4v) is 2.32.